The van der Waals surface area contributed by atoms with E-state index >= 15 is 0 Å². The van der Waals surface area contributed by atoms with Crippen molar-refractivity contribution in [2.45, 2.75) is 39.2 Å². The molecule has 126 valence electrons. The Balaban J connectivity index is 1.76. The summed E-state index contributed by atoms with van der Waals surface area (Å²) in [6.45, 7) is 4.15. The van der Waals surface area contributed by atoms with E-state index in [1.807, 2.05) is 24.1 Å². The number of benzene rings is 1. The molecule has 24 heavy (non-hydrogen) atoms. The maximum Gasteiger partial charge on any atom is 0.322 e. The summed E-state index contributed by atoms with van der Waals surface area (Å²) in [5, 5.41) is 9.77. The van der Waals surface area contributed by atoms with E-state index in [0.717, 1.165) is 36.9 Å². The number of nitrogens with one attached hydrogen (secondary N) is 2. The average Bonchev–Trinajstić information content (AvgIpc) is 3.09. The van der Waals surface area contributed by atoms with Gasteiger partial charge in [0.05, 0.1) is 12.2 Å². The molecule has 6 heteroatoms. The van der Waals surface area contributed by atoms with Gasteiger partial charge in [-0.1, -0.05) is 0 Å². The van der Waals surface area contributed by atoms with Crippen LogP contribution in [0.1, 0.15) is 53.7 Å². The van der Waals surface area contributed by atoms with Crippen molar-refractivity contribution in [1.82, 2.24) is 15.1 Å². The quantitative estimate of drug-likeness (QED) is 0.845. The molecule has 6 nitrogen and oxygen atoms in total. The second-order valence-corrected chi connectivity index (χ2v) is 6.25. The minimum Gasteiger partial charge on any atom is -0.317 e. The first-order chi connectivity index (χ1) is 11.6. The summed E-state index contributed by atoms with van der Waals surface area (Å²) in [7, 11) is 0. The largest absolute Gasteiger partial charge is 0.322 e. The SMILES string of the molecule is CC(=O)c1ccc(NC(=O)N2CCCC[C@@H]2c2cn[nH]c2)cc1C. The van der Waals surface area contributed by atoms with Crippen molar-refractivity contribution in [3.63, 3.8) is 0 Å². The number of Topliss-reactive ketones (excluding diaryl/α,β-unsaturated/α-hetero) is 1. The Morgan fingerprint density at radius 2 is 2.17 bits per heavy atom. The zero-order valence-corrected chi connectivity index (χ0v) is 14.0. The second-order valence-electron chi connectivity index (χ2n) is 6.25. The number of carbonyl (C=O) groups excluding carboxylic acids is 2. The van der Waals surface area contributed by atoms with E-state index in [2.05, 4.69) is 15.5 Å². The molecular weight excluding hydrogens is 304 g/mol. The fraction of sp³-hybridized carbons (Fsp3) is 0.389. The second kappa shape index (κ2) is 6.86. The highest BCUT2D eigenvalue weighted by Gasteiger charge is 2.28. The van der Waals surface area contributed by atoms with Gasteiger partial charge < -0.3 is 10.2 Å². The van der Waals surface area contributed by atoms with Crippen LogP contribution in [0, 0.1) is 6.92 Å². The number of piperidine rings is 1. The molecule has 0 radical (unpaired) electrons. The molecule has 1 aromatic carbocycles. The molecule has 2 heterocycles. The summed E-state index contributed by atoms with van der Waals surface area (Å²) in [5.41, 5.74) is 3.29. The van der Waals surface area contributed by atoms with Crippen molar-refractivity contribution < 1.29 is 9.59 Å². The van der Waals surface area contributed by atoms with Crippen LogP contribution in [0.4, 0.5) is 10.5 Å². The first-order valence-electron chi connectivity index (χ1n) is 8.24. The Kier molecular flexibility index (Phi) is 4.64. The highest BCUT2D eigenvalue weighted by atomic mass is 16.2. The standard InChI is InChI=1S/C18H22N4O2/c1-12-9-15(6-7-16(12)13(2)23)21-18(24)22-8-4-3-5-17(22)14-10-19-20-11-14/h6-7,9-11,17H,3-5,8H2,1-2H3,(H,19,20)(H,21,24)/t17-/m1/s1. The van der Waals surface area contributed by atoms with Gasteiger partial charge in [0.15, 0.2) is 5.78 Å². The Morgan fingerprint density at radius 1 is 1.33 bits per heavy atom. The molecule has 1 aliphatic rings. The van der Waals surface area contributed by atoms with Gasteiger partial charge in [0.1, 0.15) is 0 Å². The van der Waals surface area contributed by atoms with E-state index in [1.165, 1.54) is 0 Å². The number of hydrogen-bond acceptors (Lipinski definition) is 3. The number of amides is 2. The molecule has 2 amide bonds. The van der Waals surface area contributed by atoms with Crippen molar-refractivity contribution in [1.29, 1.82) is 0 Å². The summed E-state index contributed by atoms with van der Waals surface area (Å²) in [6.07, 6.45) is 6.68. The van der Waals surface area contributed by atoms with Crippen LogP contribution in [0.15, 0.2) is 30.6 Å². The first-order valence-corrected chi connectivity index (χ1v) is 8.24. The number of nitrogens with zero attached hydrogens (tertiary/aromatic N) is 2. The third-order valence-corrected chi connectivity index (χ3v) is 4.52. The fourth-order valence-electron chi connectivity index (χ4n) is 3.30. The number of rotatable bonds is 3. The Labute approximate surface area is 141 Å². The zero-order chi connectivity index (χ0) is 17.1. The summed E-state index contributed by atoms with van der Waals surface area (Å²) >= 11 is 0. The number of aromatic nitrogens is 2. The lowest BCUT2D eigenvalue weighted by Crippen LogP contribution is -2.41. The molecule has 1 fully saturated rings. The number of carbonyl (C=O) groups is 2. The molecule has 0 aliphatic carbocycles. The Bertz CT molecular complexity index is 739. The number of urea groups is 1. The highest BCUT2D eigenvalue weighted by Crippen LogP contribution is 2.31. The molecule has 1 saturated heterocycles. The van der Waals surface area contributed by atoms with Crippen molar-refractivity contribution in [2.24, 2.45) is 0 Å². The maximum absolute atomic E-state index is 12.7. The molecular formula is C18H22N4O2. The van der Waals surface area contributed by atoms with Gasteiger partial charge in [-0.3, -0.25) is 9.89 Å². The van der Waals surface area contributed by atoms with Gasteiger partial charge in [0.2, 0.25) is 0 Å². The minimum atomic E-state index is -0.115. The minimum absolute atomic E-state index is 0.0291. The molecule has 2 N–H and O–H groups in total. The predicted octanol–water partition coefficient (Wildman–Crippen LogP) is 3.68. The number of ketones is 1. The molecule has 0 spiro atoms. The van der Waals surface area contributed by atoms with E-state index in [-0.39, 0.29) is 17.9 Å². The number of anilines is 1. The number of H-pyrrole nitrogens is 1. The van der Waals surface area contributed by atoms with Crippen molar-refractivity contribution in [3.05, 3.63) is 47.3 Å². The zero-order valence-electron chi connectivity index (χ0n) is 14.0. The number of aromatic amines is 1. The van der Waals surface area contributed by atoms with Gasteiger partial charge in [-0.05, 0) is 56.9 Å². The van der Waals surface area contributed by atoms with Gasteiger partial charge in [-0.15, -0.1) is 0 Å². The number of likely N-dealkylation sites (tertiary alicyclic amines) is 1. The summed E-state index contributed by atoms with van der Waals surface area (Å²) in [4.78, 5) is 26.1. The van der Waals surface area contributed by atoms with Crippen LogP contribution in [-0.4, -0.2) is 33.5 Å². The van der Waals surface area contributed by atoms with Crippen LogP contribution >= 0.6 is 0 Å². The topological polar surface area (TPSA) is 78.1 Å². The van der Waals surface area contributed by atoms with Crippen LogP contribution in [0.25, 0.3) is 0 Å². The van der Waals surface area contributed by atoms with Crippen LogP contribution in [-0.2, 0) is 0 Å². The van der Waals surface area contributed by atoms with Crippen molar-refractivity contribution in [3.8, 4) is 0 Å². The van der Waals surface area contributed by atoms with Crippen molar-refractivity contribution in [2.75, 3.05) is 11.9 Å². The van der Waals surface area contributed by atoms with Crippen LogP contribution in [0.5, 0.6) is 0 Å². The van der Waals surface area contributed by atoms with Gasteiger partial charge in [-0.2, -0.15) is 5.10 Å². The van der Waals surface area contributed by atoms with Crippen LogP contribution < -0.4 is 5.32 Å². The monoisotopic (exact) mass is 326 g/mol. The van der Waals surface area contributed by atoms with Gasteiger partial charge in [0, 0.05) is 29.6 Å². The predicted molar refractivity (Wildman–Crippen MR) is 92.1 cm³/mol. The smallest absolute Gasteiger partial charge is 0.317 e. The van der Waals surface area contributed by atoms with E-state index in [4.69, 9.17) is 0 Å². The molecule has 3 rings (SSSR count). The van der Waals surface area contributed by atoms with E-state index < -0.39 is 0 Å². The van der Waals surface area contributed by atoms with Crippen LogP contribution in [0.2, 0.25) is 0 Å². The van der Waals surface area contributed by atoms with E-state index in [9.17, 15) is 9.59 Å². The van der Waals surface area contributed by atoms with E-state index in [1.54, 1.807) is 25.3 Å². The number of hydrogen-bond donors (Lipinski definition) is 2. The third kappa shape index (κ3) is 3.32. The van der Waals surface area contributed by atoms with Crippen molar-refractivity contribution >= 4 is 17.5 Å². The Morgan fingerprint density at radius 3 is 2.83 bits per heavy atom. The molecule has 2 aromatic rings. The molecule has 0 saturated carbocycles. The summed E-state index contributed by atoms with van der Waals surface area (Å²) in [5.74, 6) is 0.0291. The fourth-order valence-corrected chi connectivity index (χ4v) is 3.30. The lowest BCUT2D eigenvalue weighted by molar-refractivity contribution is 0.101. The lowest BCUT2D eigenvalue weighted by Gasteiger charge is -2.35. The maximum atomic E-state index is 12.7. The first kappa shape index (κ1) is 16.2. The molecule has 1 aromatic heterocycles. The average molecular weight is 326 g/mol. The summed E-state index contributed by atoms with van der Waals surface area (Å²) < 4.78 is 0. The third-order valence-electron chi connectivity index (χ3n) is 4.52. The van der Waals surface area contributed by atoms with Gasteiger partial charge in [0.25, 0.3) is 0 Å². The van der Waals surface area contributed by atoms with Crippen LogP contribution in [0.3, 0.4) is 0 Å². The summed E-state index contributed by atoms with van der Waals surface area (Å²) in [6, 6.07) is 5.31. The molecule has 1 atom stereocenters. The van der Waals surface area contributed by atoms with Gasteiger partial charge >= 0.3 is 6.03 Å². The number of aryl methyl sites for hydroxylation is 1. The molecule has 1 aliphatic heterocycles. The normalized spacial score (nSPS) is 17.6. The lowest BCUT2D eigenvalue weighted by atomic mass is 9.98. The molecule has 0 unspecified atom stereocenters. The van der Waals surface area contributed by atoms with E-state index in [0.29, 0.717) is 11.3 Å². The Hall–Kier alpha value is -2.63. The highest BCUT2D eigenvalue weighted by molar-refractivity contribution is 5.97. The molecule has 0 bridgehead atoms. The van der Waals surface area contributed by atoms with Gasteiger partial charge in [-0.25, -0.2) is 4.79 Å².